The van der Waals surface area contributed by atoms with Crippen LogP contribution in [0.4, 0.5) is 0 Å². The fourth-order valence-electron chi connectivity index (χ4n) is 3.67. The van der Waals surface area contributed by atoms with Gasteiger partial charge in [0.25, 0.3) is 0 Å². The molecule has 2 rings (SSSR count). The van der Waals surface area contributed by atoms with Crippen molar-refractivity contribution in [2.24, 2.45) is 17.1 Å². The van der Waals surface area contributed by atoms with Gasteiger partial charge in [-0.25, -0.2) is 0 Å². The lowest BCUT2D eigenvalue weighted by Crippen LogP contribution is -2.49. The summed E-state index contributed by atoms with van der Waals surface area (Å²) in [7, 11) is 2.00. The molecule has 2 fully saturated rings. The van der Waals surface area contributed by atoms with Crippen LogP contribution in [0, 0.1) is 11.3 Å². The first-order valence-electron chi connectivity index (χ1n) is 7.86. The lowest BCUT2D eigenvalue weighted by molar-refractivity contribution is -0.142. The zero-order chi connectivity index (χ0) is 13.7. The predicted octanol–water partition coefficient (Wildman–Crippen LogP) is 1.35. The third kappa shape index (κ3) is 3.29. The van der Waals surface area contributed by atoms with E-state index in [0.717, 1.165) is 51.2 Å². The van der Waals surface area contributed by atoms with E-state index in [1.807, 2.05) is 7.05 Å². The number of rotatable bonds is 5. The van der Waals surface area contributed by atoms with Gasteiger partial charge in [0.2, 0.25) is 5.91 Å². The number of carbonyl (C=O) groups is 1. The molecule has 0 atom stereocenters. The first-order chi connectivity index (χ1) is 9.22. The van der Waals surface area contributed by atoms with Gasteiger partial charge >= 0.3 is 0 Å². The smallest absolute Gasteiger partial charge is 0.230 e. The molecule has 4 nitrogen and oxygen atoms in total. The third-order valence-corrected chi connectivity index (χ3v) is 5.11. The molecule has 0 aromatic carbocycles. The monoisotopic (exact) mass is 267 g/mol. The molecule has 0 unspecified atom stereocenters. The van der Waals surface area contributed by atoms with Crippen LogP contribution in [0.5, 0.6) is 0 Å². The van der Waals surface area contributed by atoms with Gasteiger partial charge in [-0.05, 0) is 51.6 Å². The summed E-state index contributed by atoms with van der Waals surface area (Å²) in [6.45, 7) is 3.50. The van der Waals surface area contributed by atoms with Crippen LogP contribution in [0.25, 0.3) is 0 Å². The summed E-state index contributed by atoms with van der Waals surface area (Å²) in [5.74, 6) is 1.13. The van der Waals surface area contributed by atoms with E-state index in [4.69, 9.17) is 5.73 Å². The highest BCUT2D eigenvalue weighted by Gasteiger charge is 2.42. The van der Waals surface area contributed by atoms with E-state index in [-0.39, 0.29) is 5.41 Å². The number of carbonyl (C=O) groups excluding carboxylic acids is 1. The highest BCUT2D eigenvalue weighted by Crippen LogP contribution is 2.39. The van der Waals surface area contributed by atoms with Gasteiger partial charge in [0.15, 0.2) is 0 Å². The maximum Gasteiger partial charge on any atom is 0.230 e. The van der Waals surface area contributed by atoms with Crippen LogP contribution in [-0.4, -0.2) is 44.0 Å². The second-order valence-electron chi connectivity index (χ2n) is 6.32. The quantitative estimate of drug-likeness (QED) is 0.790. The number of hydrogen-bond donors (Lipinski definition) is 2. The minimum atomic E-state index is -0.211. The van der Waals surface area contributed by atoms with Crippen molar-refractivity contribution in [2.75, 3.05) is 33.2 Å². The van der Waals surface area contributed by atoms with Crippen molar-refractivity contribution >= 4 is 5.91 Å². The predicted molar refractivity (Wildman–Crippen MR) is 77.8 cm³/mol. The summed E-state index contributed by atoms with van der Waals surface area (Å²) in [6, 6.07) is 0. The van der Waals surface area contributed by atoms with Crippen LogP contribution in [-0.2, 0) is 4.79 Å². The molecule has 0 bridgehead atoms. The zero-order valence-corrected chi connectivity index (χ0v) is 12.3. The van der Waals surface area contributed by atoms with Crippen LogP contribution in [0.3, 0.4) is 0 Å². The topological polar surface area (TPSA) is 58.4 Å². The average molecular weight is 267 g/mol. The largest absolute Gasteiger partial charge is 0.342 e. The first-order valence-corrected chi connectivity index (χ1v) is 7.86. The SMILES string of the molecule is CNCCC1CCN(C(=O)C2(CN)CCCC2)CC1. The Labute approximate surface area is 117 Å². The molecule has 1 amide bonds. The molecule has 2 aliphatic rings. The molecule has 1 aliphatic carbocycles. The molecule has 0 aromatic heterocycles. The summed E-state index contributed by atoms with van der Waals surface area (Å²) in [4.78, 5) is 14.8. The Kier molecular flexibility index (Phi) is 5.22. The number of nitrogens with one attached hydrogen (secondary N) is 1. The normalized spacial score (nSPS) is 23.8. The highest BCUT2D eigenvalue weighted by atomic mass is 16.2. The summed E-state index contributed by atoms with van der Waals surface area (Å²) in [5, 5.41) is 3.21. The van der Waals surface area contributed by atoms with E-state index in [2.05, 4.69) is 10.2 Å². The molecule has 0 spiro atoms. The number of hydrogen-bond acceptors (Lipinski definition) is 3. The van der Waals surface area contributed by atoms with Gasteiger partial charge in [-0.15, -0.1) is 0 Å². The van der Waals surface area contributed by atoms with Crippen molar-refractivity contribution in [2.45, 2.75) is 44.9 Å². The summed E-state index contributed by atoms with van der Waals surface area (Å²) in [5.41, 5.74) is 5.70. The zero-order valence-electron chi connectivity index (χ0n) is 12.3. The minimum absolute atomic E-state index is 0.211. The average Bonchev–Trinajstić information content (AvgIpc) is 2.95. The Balaban J connectivity index is 1.85. The van der Waals surface area contributed by atoms with Crippen LogP contribution in [0.15, 0.2) is 0 Å². The Hall–Kier alpha value is -0.610. The second kappa shape index (κ2) is 6.71. The van der Waals surface area contributed by atoms with Gasteiger partial charge in [-0.1, -0.05) is 12.8 Å². The fraction of sp³-hybridized carbons (Fsp3) is 0.933. The van der Waals surface area contributed by atoms with Crippen molar-refractivity contribution in [1.82, 2.24) is 10.2 Å². The molecule has 110 valence electrons. The Morgan fingerprint density at radius 1 is 1.32 bits per heavy atom. The number of amides is 1. The molecule has 3 N–H and O–H groups in total. The van der Waals surface area contributed by atoms with Gasteiger partial charge in [0.1, 0.15) is 0 Å². The summed E-state index contributed by atoms with van der Waals surface area (Å²) in [6.07, 6.45) is 7.90. The molecule has 19 heavy (non-hydrogen) atoms. The van der Waals surface area contributed by atoms with E-state index < -0.39 is 0 Å². The van der Waals surface area contributed by atoms with E-state index in [0.29, 0.717) is 12.5 Å². The Morgan fingerprint density at radius 3 is 2.47 bits per heavy atom. The number of nitrogens with two attached hydrogens (primary N) is 1. The van der Waals surface area contributed by atoms with E-state index in [9.17, 15) is 4.79 Å². The molecule has 1 aliphatic heterocycles. The maximum absolute atomic E-state index is 12.7. The Bertz CT molecular complexity index is 292. The van der Waals surface area contributed by atoms with E-state index in [1.54, 1.807) is 0 Å². The number of likely N-dealkylation sites (tertiary alicyclic amines) is 1. The molecule has 1 saturated heterocycles. The fourth-order valence-corrected chi connectivity index (χ4v) is 3.67. The third-order valence-electron chi connectivity index (χ3n) is 5.11. The number of nitrogens with zero attached hydrogens (tertiary/aromatic N) is 1. The van der Waals surface area contributed by atoms with Gasteiger partial charge in [-0.2, -0.15) is 0 Å². The summed E-state index contributed by atoms with van der Waals surface area (Å²) < 4.78 is 0. The summed E-state index contributed by atoms with van der Waals surface area (Å²) >= 11 is 0. The van der Waals surface area contributed by atoms with Crippen LogP contribution >= 0.6 is 0 Å². The van der Waals surface area contributed by atoms with Crippen LogP contribution in [0.1, 0.15) is 44.9 Å². The molecule has 1 heterocycles. The van der Waals surface area contributed by atoms with Gasteiger partial charge < -0.3 is 16.0 Å². The first kappa shape index (κ1) is 14.8. The second-order valence-corrected chi connectivity index (χ2v) is 6.32. The van der Waals surface area contributed by atoms with E-state index in [1.165, 1.54) is 19.3 Å². The highest BCUT2D eigenvalue weighted by molar-refractivity contribution is 5.83. The van der Waals surface area contributed by atoms with Gasteiger partial charge in [0, 0.05) is 19.6 Å². The molecule has 1 saturated carbocycles. The molecular weight excluding hydrogens is 238 g/mol. The standard InChI is InChI=1S/C15H29N3O/c1-17-9-4-13-5-10-18(11-6-13)14(19)15(12-16)7-2-3-8-15/h13,17H,2-12,16H2,1H3. The lowest BCUT2D eigenvalue weighted by Gasteiger charge is -2.38. The Morgan fingerprint density at radius 2 is 1.95 bits per heavy atom. The van der Waals surface area contributed by atoms with Crippen LogP contribution < -0.4 is 11.1 Å². The number of piperidine rings is 1. The van der Waals surface area contributed by atoms with Crippen molar-refractivity contribution in [1.29, 1.82) is 0 Å². The lowest BCUT2D eigenvalue weighted by atomic mass is 9.83. The molecule has 0 radical (unpaired) electrons. The molecular formula is C15H29N3O. The van der Waals surface area contributed by atoms with Gasteiger partial charge in [0.05, 0.1) is 5.41 Å². The maximum atomic E-state index is 12.7. The van der Waals surface area contributed by atoms with Crippen molar-refractivity contribution in [3.8, 4) is 0 Å². The van der Waals surface area contributed by atoms with Crippen molar-refractivity contribution in [3.63, 3.8) is 0 Å². The van der Waals surface area contributed by atoms with Gasteiger partial charge in [-0.3, -0.25) is 4.79 Å². The minimum Gasteiger partial charge on any atom is -0.342 e. The van der Waals surface area contributed by atoms with Crippen molar-refractivity contribution in [3.05, 3.63) is 0 Å². The molecule has 4 heteroatoms. The van der Waals surface area contributed by atoms with Crippen molar-refractivity contribution < 1.29 is 4.79 Å². The molecule has 0 aromatic rings. The van der Waals surface area contributed by atoms with Crippen LogP contribution in [0.2, 0.25) is 0 Å². The van der Waals surface area contributed by atoms with E-state index >= 15 is 0 Å².